The maximum Gasteiger partial charge on any atom is 0.193 e. The van der Waals surface area contributed by atoms with E-state index >= 15 is 0 Å². The molecule has 0 aliphatic carbocycles. The van der Waals surface area contributed by atoms with Crippen molar-refractivity contribution in [3.05, 3.63) is 60.8 Å². The van der Waals surface area contributed by atoms with E-state index in [2.05, 4.69) is 53.6 Å². The van der Waals surface area contributed by atoms with Crippen LogP contribution in [-0.2, 0) is 0 Å². The number of benzene rings is 1. The molecule has 7 nitrogen and oxygen atoms in total. The summed E-state index contributed by atoms with van der Waals surface area (Å²) >= 11 is 0. The molecule has 0 saturated carbocycles. The van der Waals surface area contributed by atoms with Crippen LogP contribution < -0.4 is 15.5 Å². The lowest BCUT2D eigenvalue weighted by Crippen LogP contribution is -2.53. The molecule has 158 valence electrons. The van der Waals surface area contributed by atoms with E-state index in [0.29, 0.717) is 0 Å². The maximum absolute atomic E-state index is 4.65. The molecule has 0 radical (unpaired) electrons. The van der Waals surface area contributed by atoms with Crippen LogP contribution in [0.2, 0.25) is 0 Å². The summed E-state index contributed by atoms with van der Waals surface area (Å²) in [5.74, 6) is 2.88. The lowest BCUT2D eigenvalue weighted by molar-refractivity contribution is 0.372. The highest BCUT2D eigenvalue weighted by molar-refractivity contribution is 14.0. The summed E-state index contributed by atoms with van der Waals surface area (Å²) in [6, 6.07) is 18.3. The standard InChI is InChI=1S/C22H27N7.HI/c1-23-22(29-16-14-28(15-17-29)21-8-4-5-11-25-21)26-13-12-24-20-10-9-18-6-2-3-7-19(18)27-20;/h2-11H,12-17H2,1H3,(H,23,26)(H,24,27);1H. The first-order chi connectivity index (χ1) is 14.3. The van der Waals surface area contributed by atoms with Gasteiger partial charge in [0.1, 0.15) is 11.6 Å². The van der Waals surface area contributed by atoms with Crippen molar-refractivity contribution < 1.29 is 0 Å². The molecular formula is C22H28IN7. The smallest absolute Gasteiger partial charge is 0.193 e. The van der Waals surface area contributed by atoms with Gasteiger partial charge in [-0.3, -0.25) is 4.99 Å². The van der Waals surface area contributed by atoms with E-state index in [1.165, 1.54) is 0 Å². The number of rotatable bonds is 5. The Hall–Kier alpha value is -2.62. The van der Waals surface area contributed by atoms with Gasteiger partial charge in [0.2, 0.25) is 0 Å². The zero-order chi connectivity index (χ0) is 19.9. The van der Waals surface area contributed by atoms with Crippen molar-refractivity contribution in [2.75, 3.05) is 56.5 Å². The summed E-state index contributed by atoms with van der Waals surface area (Å²) < 4.78 is 0. The van der Waals surface area contributed by atoms with Crippen molar-refractivity contribution in [3.63, 3.8) is 0 Å². The topological polar surface area (TPSA) is 68.7 Å². The average Bonchev–Trinajstić information content (AvgIpc) is 2.80. The molecular weight excluding hydrogens is 489 g/mol. The quantitative estimate of drug-likeness (QED) is 0.235. The van der Waals surface area contributed by atoms with Crippen molar-refractivity contribution in [2.24, 2.45) is 4.99 Å². The molecule has 1 aromatic carbocycles. The van der Waals surface area contributed by atoms with Crippen molar-refractivity contribution in [1.82, 2.24) is 20.2 Å². The Morgan fingerprint density at radius 1 is 0.967 bits per heavy atom. The minimum absolute atomic E-state index is 0. The zero-order valence-corrected chi connectivity index (χ0v) is 19.5. The van der Waals surface area contributed by atoms with Gasteiger partial charge in [-0.1, -0.05) is 24.3 Å². The highest BCUT2D eigenvalue weighted by atomic mass is 127. The lowest BCUT2D eigenvalue weighted by atomic mass is 10.2. The van der Waals surface area contributed by atoms with Crippen LogP contribution in [0.25, 0.3) is 10.9 Å². The number of aromatic nitrogens is 2. The van der Waals surface area contributed by atoms with Gasteiger partial charge in [-0.2, -0.15) is 0 Å². The third kappa shape index (κ3) is 5.50. The average molecular weight is 517 g/mol. The number of hydrogen-bond donors (Lipinski definition) is 2. The molecule has 2 N–H and O–H groups in total. The molecule has 0 atom stereocenters. The van der Waals surface area contributed by atoms with Gasteiger partial charge < -0.3 is 20.4 Å². The molecule has 1 aliphatic rings. The van der Waals surface area contributed by atoms with Gasteiger partial charge >= 0.3 is 0 Å². The molecule has 0 unspecified atom stereocenters. The number of fused-ring (bicyclic) bond motifs is 1. The van der Waals surface area contributed by atoms with Crippen molar-refractivity contribution >= 4 is 52.5 Å². The molecule has 1 fully saturated rings. The third-order valence-corrected chi connectivity index (χ3v) is 5.08. The molecule has 3 heterocycles. The van der Waals surface area contributed by atoms with Gasteiger partial charge in [0, 0.05) is 57.9 Å². The van der Waals surface area contributed by atoms with E-state index < -0.39 is 0 Å². The number of nitrogens with zero attached hydrogens (tertiary/aromatic N) is 5. The van der Waals surface area contributed by atoms with Gasteiger partial charge in [0.15, 0.2) is 5.96 Å². The number of nitrogens with one attached hydrogen (secondary N) is 2. The van der Waals surface area contributed by atoms with Gasteiger partial charge in [-0.25, -0.2) is 9.97 Å². The van der Waals surface area contributed by atoms with E-state index in [1.54, 1.807) is 0 Å². The van der Waals surface area contributed by atoms with Crippen molar-refractivity contribution in [2.45, 2.75) is 0 Å². The Kier molecular flexibility index (Phi) is 8.06. The first kappa shape index (κ1) is 22.1. The number of anilines is 2. The van der Waals surface area contributed by atoms with Gasteiger partial charge in [-0.15, -0.1) is 24.0 Å². The monoisotopic (exact) mass is 517 g/mol. The van der Waals surface area contributed by atoms with E-state index in [0.717, 1.165) is 67.8 Å². The largest absolute Gasteiger partial charge is 0.368 e. The lowest BCUT2D eigenvalue weighted by Gasteiger charge is -2.37. The summed E-state index contributed by atoms with van der Waals surface area (Å²) in [6.45, 7) is 5.29. The first-order valence-corrected chi connectivity index (χ1v) is 10.0. The molecule has 0 amide bonds. The fourth-order valence-electron chi connectivity index (χ4n) is 3.55. The molecule has 30 heavy (non-hydrogen) atoms. The second kappa shape index (κ2) is 11.0. The molecule has 2 aromatic heterocycles. The minimum Gasteiger partial charge on any atom is -0.368 e. The maximum atomic E-state index is 4.65. The van der Waals surface area contributed by atoms with Crippen LogP contribution >= 0.6 is 24.0 Å². The Labute approximate surface area is 194 Å². The summed E-state index contributed by atoms with van der Waals surface area (Å²) in [7, 11) is 1.84. The second-order valence-electron chi connectivity index (χ2n) is 6.95. The van der Waals surface area contributed by atoms with Crippen LogP contribution in [0.4, 0.5) is 11.6 Å². The van der Waals surface area contributed by atoms with Crippen LogP contribution in [0.5, 0.6) is 0 Å². The van der Waals surface area contributed by atoms with Crippen LogP contribution in [-0.4, -0.2) is 67.1 Å². The molecule has 1 aliphatic heterocycles. The minimum atomic E-state index is 0. The molecule has 1 saturated heterocycles. The van der Waals surface area contributed by atoms with Crippen molar-refractivity contribution in [1.29, 1.82) is 0 Å². The fourth-order valence-corrected chi connectivity index (χ4v) is 3.55. The van der Waals surface area contributed by atoms with Gasteiger partial charge in [0.25, 0.3) is 0 Å². The molecule has 3 aromatic rings. The van der Waals surface area contributed by atoms with Crippen molar-refractivity contribution in [3.8, 4) is 0 Å². The summed E-state index contributed by atoms with van der Waals surface area (Å²) in [5, 5.41) is 7.99. The number of halogens is 1. The molecule has 0 bridgehead atoms. The molecule has 0 spiro atoms. The predicted molar refractivity (Wildman–Crippen MR) is 135 cm³/mol. The van der Waals surface area contributed by atoms with E-state index in [9.17, 15) is 0 Å². The predicted octanol–water partition coefficient (Wildman–Crippen LogP) is 3.06. The first-order valence-electron chi connectivity index (χ1n) is 10.0. The summed E-state index contributed by atoms with van der Waals surface area (Å²) in [5.41, 5.74) is 1.01. The van der Waals surface area contributed by atoms with Crippen LogP contribution in [0.15, 0.2) is 65.8 Å². The van der Waals surface area contributed by atoms with E-state index in [-0.39, 0.29) is 24.0 Å². The van der Waals surface area contributed by atoms with E-state index in [4.69, 9.17) is 0 Å². The second-order valence-corrected chi connectivity index (χ2v) is 6.95. The number of aliphatic imine (C=N–C) groups is 1. The summed E-state index contributed by atoms with van der Waals surface area (Å²) in [4.78, 5) is 18.2. The Bertz CT molecular complexity index is 956. The number of guanidine groups is 1. The van der Waals surface area contributed by atoms with E-state index in [1.807, 2.05) is 49.6 Å². The number of para-hydroxylation sites is 1. The number of piperazine rings is 1. The van der Waals surface area contributed by atoms with Gasteiger partial charge in [-0.05, 0) is 30.3 Å². The SMILES string of the molecule is CN=C(NCCNc1ccc2ccccc2n1)N1CCN(c2ccccn2)CC1.I. The van der Waals surface area contributed by atoms with Gasteiger partial charge in [0.05, 0.1) is 5.52 Å². The Balaban J connectivity index is 0.00000256. The Morgan fingerprint density at radius 2 is 1.77 bits per heavy atom. The molecule has 8 heteroatoms. The van der Waals surface area contributed by atoms with Crippen LogP contribution in [0.1, 0.15) is 0 Å². The number of pyridine rings is 2. The molecule has 4 rings (SSSR count). The Morgan fingerprint density at radius 3 is 2.53 bits per heavy atom. The van der Waals surface area contributed by atoms with Crippen LogP contribution in [0.3, 0.4) is 0 Å². The third-order valence-electron chi connectivity index (χ3n) is 5.08. The van der Waals surface area contributed by atoms with Crippen LogP contribution in [0, 0.1) is 0 Å². The normalized spacial score (nSPS) is 14.4. The highest BCUT2D eigenvalue weighted by Crippen LogP contribution is 2.14. The number of hydrogen-bond acceptors (Lipinski definition) is 5. The zero-order valence-electron chi connectivity index (χ0n) is 17.2. The fraction of sp³-hybridized carbons (Fsp3) is 0.318. The highest BCUT2D eigenvalue weighted by Gasteiger charge is 2.20. The summed E-state index contributed by atoms with van der Waals surface area (Å²) in [6.07, 6.45) is 1.85.